The first-order chi connectivity index (χ1) is 63.8. The zero-order valence-electron chi connectivity index (χ0n) is 83.1. The fourth-order valence-electron chi connectivity index (χ4n) is 17.9. The molecule has 0 aliphatic carbocycles. The van der Waals surface area contributed by atoms with Crippen LogP contribution in [0.25, 0.3) is 10.4 Å². The number of ketones is 4. The second-order valence-corrected chi connectivity index (χ2v) is 43.9. The number of aliphatic hydroxyl groups is 4. The van der Waals surface area contributed by atoms with Gasteiger partial charge in [0.2, 0.25) is 23.6 Å². The molecule has 136 heavy (non-hydrogen) atoms. The van der Waals surface area contributed by atoms with Crippen molar-refractivity contribution in [3.8, 4) is 22.6 Å². The van der Waals surface area contributed by atoms with Crippen LogP contribution in [0, 0.1) is 53.3 Å². The van der Waals surface area contributed by atoms with Gasteiger partial charge in [-0.1, -0.05) is 233 Å². The maximum Gasteiger partial charge on any atom is 0.248 e. The molecule has 9 aromatic rings. The van der Waals surface area contributed by atoms with Crippen LogP contribution in [0.4, 0.5) is 0 Å². The number of nitrogens with zero attached hydrogens (tertiary/aromatic N) is 12. The van der Waals surface area contributed by atoms with E-state index in [1.807, 2.05) is 216 Å². The van der Waals surface area contributed by atoms with E-state index in [-0.39, 0.29) is 163 Å². The molecule has 5 aromatic heterocycles. The molecule has 0 spiro atoms. The van der Waals surface area contributed by atoms with Crippen molar-refractivity contribution < 1.29 is 72.4 Å². The number of aryl methyl sites for hydroxylation is 4. The molecule has 4 fully saturated rings. The molecule has 4 aromatic carbocycles. The Balaban J connectivity index is 0.000000188. The summed E-state index contributed by atoms with van der Waals surface area (Å²) in [5.41, 5.74) is 11.8. The molecule has 0 saturated carbocycles. The van der Waals surface area contributed by atoms with Gasteiger partial charge in [-0.3, -0.25) is 43.0 Å². The summed E-state index contributed by atoms with van der Waals surface area (Å²) in [6, 6.07) is 36.5. The largest absolute Gasteiger partial charge is 0.391 e. The van der Waals surface area contributed by atoms with Crippen molar-refractivity contribution in [2.45, 2.75) is 323 Å². The Hall–Kier alpha value is -11.0. The quantitative estimate of drug-likeness (QED) is 0.0338. The van der Waals surface area contributed by atoms with Crippen LogP contribution in [-0.4, -0.2) is 192 Å². The van der Waals surface area contributed by atoms with E-state index in [0.29, 0.717) is 65.5 Å². The standard InChI is InChI=1S/C29H38N4O3S.C27H35N3O4.C26H33N3O4.C25H33ClN2O4/c1-18(2)26(33-15-22(14-31-33)29(4,5)6)28(36)32-16-23(34)13-24(32)25(35)12-9-20-7-10-21(11-8-20)27-19(3)30-17-37-27;1-16(2)25(23-13-24(29-34-23)27(4,5)6)26(33)30-15-20(31)12-21(30)22(32)11-17(3)19-9-7-18(14-28)8-10-19;1-16(2)24(22-13-23(28-33-22)26(3,4)5)25(32)29-15-19(30)12-20(29)21(31)11-10-17-6-8-18(14-27)9-7-17;1-15(2)23(21-13-22(27-32-21)25(3,4)5)24(31)28-14-18(29)12-19(28)20(30)11-8-16-6-9-17(26)10-7-16/h7-8,10-11,14-15,17-18,23-24,26,34H,9,12-13,16H2,1-6H3;7-10,13,16-17,20-21,25,31H,11-12,15H2,1-6H3;6-9,13,16,19-20,24,30H,10-12,15H2,1-5H3;6-7,9-10,13,15,18-19,23,29H,8,11-12,14H2,1-5H3. The summed E-state index contributed by atoms with van der Waals surface area (Å²) in [4.78, 5) is 119. The number of thiazole rings is 1. The Kier molecular flexibility index (Phi) is 36.2. The van der Waals surface area contributed by atoms with Gasteiger partial charge in [0.25, 0.3) is 0 Å². The number of nitriles is 2. The lowest BCUT2D eigenvalue weighted by Crippen LogP contribution is -2.45. The number of rotatable bonds is 29. The average molecular weight is 1900 g/mol. The number of hydrogen-bond donors (Lipinski definition) is 4. The van der Waals surface area contributed by atoms with Crippen LogP contribution >= 0.6 is 22.9 Å². The highest BCUT2D eigenvalue weighted by atomic mass is 35.5. The number of carbonyl (C=O) groups is 8. The first kappa shape index (κ1) is 107. The monoisotopic (exact) mass is 1900 g/mol. The summed E-state index contributed by atoms with van der Waals surface area (Å²) >= 11 is 7.55. The number of aliphatic hydroxyl groups excluding tert-OH is 4. The molecule has 0 bridgehead atoms. The van der Waals surface area contributed by atoms with Gasteiger partial charge >= 0.3 is 0 Å². The second-order valence-electron chi connectivity index (χ2n) is 42.6. The van der Waals surface area contributed by atoms with Crippen molar-refractivity contribution in [3.05, 3.63) is 217 Å². The van der Waals surface area contributed by atoms with E-state index in [1.165, 1.54) is 9.80 Å². The van der Waals surface area contributed by atoms with Crippen molar-refractivity contribution in [3.63, 3.8) is 0 Å². The first-order valence-corrected chi connectivity index (χ1v) is 48.8. The summed E-state index contributed by atoms with van der Waals surface area (Å²) in [6.45, 7) is 44.8. The summed E-state index contributed by atoms with van der Waals surface area (Å²) in [5.74, 6) is -1.48. The van der Waals surface area contributed by atoms with Crippen molar-refractivity contribution in [2.75, 3.05) is 26.2 Å². The third kappa shape index (κ3) is 27.5. The topological polar surface area (TPSA) is 387 Å². The lowest BCUT2D eigenvalue weighted by molar-refractivity contribution is -0.141. The van der Waals surface area contributed by atoms with E-state index in [0.717, 1.165) is 61.0 Å². The van der Waals surface area contributed by atoms with Crippen LogP contribution in [0.3, 0.4) is 0 Å². The van der Waals surface area contributed by atoms with Gasteiger partial charge in [-0.25, -0.2) is 4.98 Å². The van der Waals surface area contributed by atoms with Gasteiger partial charge in [0.1, 0.15) is 41.1 Å². The summed E-state index contributed by atoms with van der Waals surface area (Å²) in [7, 11) is 0. The van der Waals surface area contributed by atoms with Gasteiger partial charge in [-0.2, -0.15) is 15.6 Å². The molecule has 730 valence electrons. The molecule has 0 radical (unpaired) electrons. The Bertz CT molecular complexity index is 5650. The highest BCUT2D eigenvalue weighted by Gasteiger charge is 2.49. The average Bonchev–Trinajstić information content (AvgIpc) is 1.65. The van der Waals surface area contributed by atoms with Gasteiger partial charge in [-0.15, -0.1) is 11.3 Å². The summed E-state index contributed by atoms with van der Waals surface area (Å²) in [5, 5.41) is 77.0. The minimum Gasteiger partial charge on any atom is -0.391 e. The fraction of sp³-hybridized carbons (Fsp3) is 0.542. The maximum atomic E-state index is 13.8. The van der Waals surface area contributed by atoms with E-state index >= 15 is 0 Å². The molecule has 13 atom stereocenters. The molecule has 13 unspecified atom stereocenters. The summed E-state index contributed by atoms with van der Waals surface area (Å²) < 4.78 is 18.5. The number of carbonyl (C=O) groups excluding carboxylic acids is 8. The van der Waals surface area contributed by atoms with Crippen molar-refractivity contribution in [1.29, 1.82) is 10.5 Å². The van der Waals surface area contributed by atoms with Crippen LogP contribution in [0.1, 0.15) is 305 Å². The lowest BCUT2D eigenvalue weighted by Gasteiger charge is -2.30. The number of amides is 4. The predicted octanol–water partition coefficient (Wildman–Crippen LogP) is 17.6. The second kappa shape index (κ2) is 46.0. The van der Waals surface area contributed by atoms with Crippen LogP contribution in [0.5, 0.6) is 0 Å². The molecule has 4 N–H and O–H groups in total. The lowest BCUT2D eigenvalue weighted by atomic mass is 9.87. The van der Waals surface area contributed by atoms with Crippen molar-refractivity contribution >= 4 is 69.7 Å². The van der Waals surface area contributed by atoms with Crippen LogP contribution in [0.15, 0.2) is 147 Å². The number of hydrogen-bond acceptors (Lipinski definition) is 23. The molecular weight excluding hydrogens is 1760 g/mol. The predicted molar refractivity (Wildman–Crippen MR) is 522 cm³/mol. The molecule has 4 aliphatic rings. The minimum absolute atomic E-state index is 0.00868. The maximum absolute atomic E-state index is 13.8. The zero-order valence-corrected chi connectivity index (χ0v) is 84.6. The van der Waals surface area contributed by atoms with Crippen molar-refractivity contribution in [2.24, 2.45) is 23.7 Å². The van der Waals surface area contributed by atoms with Gasteiger partial charge in [0, 0.05) is 123 Å². The highest BCUT2D eigenvalue weighted by molar-refractivity contribution is 7.13. The van der Waals surface area contributed by atoms with Crippen LogP contribution in [-0.2, 0) is 79.3 Å². The van der Waals surface area contributed by atoms with Crippen molar-refractivity contribution in [1.82, 2.24) is 49.8 Å². The third-order valence-corrected chi connectivity index (χ3v) is 27.3. The Morgan fingerprint density at radius 2 is 0.787 bits per heavy atom. The van der Waals surface area contributed by atoms with E-state index in [2.05, 4.69) is 70.6 Å². The van der Waals surface area contributed by atoms with E-state index < -0.39 is 72.4 Å². The van der Waals surface area contributed by atoms with E-state index in [4.69, 9.17) is 35.7 Å². The highest BCUT2D eigenvalue weighted by Crippen LogP contribution is 2.41. The molecule has 9 heterocycles. The SMILES string of the molecule is CC(C)C(C(=O)N1CC(O)CC1C(=O)CCc1ccc(C#N)cc1)c1cc(C(C)(C)C)no1.CC(C)C(C(=O)N1CC(O)CC1C(=O)CCc1ccc(Cl)cc1)c1cc(C(C)(C)C)no1.CC(CC(=O)C1CC(O)CN1C(=O)C(c1cc(C(C)(C)C)no1)C(C)C)c1ccc(C#N)cc1.Cc1ncsc1-c1ccc(CCC(=O)C2CC(O)CN2C(=O)C(C(C)C)n2cc(C(C)(C)C)cn2)cc1. The number of β-amino-alcohol motifs (C(OH)–C–C–N with tert-alkyl or cyclic N) is 4. The van der Waals surface area contributed by atoms with Crippen LogP contribution in [0.2, 0.25) is 5.02 Å². The molecule has 13 rings (SSSR count). The molecule has 4 saturated heterocycles. The van der Waals surface area contributed by atoms with E-state index in [1.54, 1.807) is 62.2 Å². The van der Waals surface area contributed by atoms with Gasteiger partial charge in [0.05, 0.1) is 111 Å². The zero-order chi connectivity index (χ0) is 100. The number of likely N-dealkylation sites (tertiary alicyclic amines) is 4. The molecule has 27 nitrogen and oxygen atoms in total. The minimum atomic E-state index is -0.740. The Labute approximate surface area is 810 Å². The Morgan fingerprint density at radius 1 is 0.456 bits per heavy atom. The van der Waals surface area contributed by atoms with E-state index in [9.17, 15) is 58.8 Å². The smallest absolute Gasteiger partial charge is 0.248 e. The van der Waals surface area contributed by atoms with Gasteiger partial charge in [-0.05, 0) is 131 Å². The Morgan fingerprint density at radius 3 is 1.09 bits per heavy atom. The number of benzene rings is 4. The molecule has 29 heteroatoms. The number of halogens is 1. The van der Waals surface area contributed by atoms with Gasteiger partial charge in [0.15, 0.2) is 23.1 Å². The fourth-order valence-corrected chi connectivity index (χ4v) is 18.8. The third-order valence-electron chi connectivity index (χ3n) is 26.0. The number of Topliss-reactive ketones (excluding diaryl/α,β-unsaturated/α-hetero) is 4. The molecular formula is C107H139ClN12O15S. The number of aromatic nitrogens is 6. The van der Waals surface area contributed by atoms with Gasteiger partial charge < -0.3 is 53.6 Å². The first-order valence-electron chi connectivity index (χ1n) is 47.6. The molecule has 4 amide bonds. The molecule has 4 aliphatic heterocycles. The normalized spacial score (nSPS) is 19.7. The van der Waals surface area contributed by atoms with Crippen LogP contribution < -0.4 is 0 Å². The summed E-state index contributed by atoms with van der Waals surface area (Å²) in [6.07, 6.45) is 4.69.